The van der Waals surface area contributed by atoms with Crippen molar-refractivity contribution in [3.63, 3.8) is 0 Å². The number of benzene rings is 2. The van der Waals surface area contributed by atoms with Gasteiger partial charge in [0.15, 0.2) is 0 Å². The van der Waals surface area contributed by atoms with Gasteiger partial charge in [0, 0.05) is 16.6 Å². The Kier molecular flexibility index (Phi) is 4.22. The van der Waals surface area contributed by atoms with E-state index in [1.54, 1.807) is 24.5 Å². The van der Waals surface area contributed by atoms with Gasteiger partial charge in [0.05, 0.1) is 23.8 Å². The first-order valence-electron chi connectivity index (χ1n) is 8.15. The quantitative estimate of drug-likeness (QED) is 0.555. The van der Waals surface area contributed by atoms with Gasteiger partial charge in [-0.25, -0.2) is 4.68 Å². The molecule has 0 N–H and O–H groups in total. The Bertz CT molecular complexity index is 1140. The highest BCUT2D eigenvalue weighted by molar-refractivity contribution is 6.30. The molecule has 0 amide bonds. The molecule has 0 unspecified atom stereocenters. The van der Waals surface area contributed by atoms with E-state index in [2.05, 4.69) is 15.1 Å². The summed E-state index contributed by atoms with van der Waals surface area (Å²) < 4.78 is 1.46. The van der Waals surface area contributed by atoms with Gasteiger partial charge in [0.25, 0.3) is 5.56 Å². The third-order valence-electron chi connectivity index (χ3n) is 4.14. The molecule has 0 fully saturated rings. The minimum Gasteiger partial charge on any atom is -0.267 e. The minimum absolute atomic E-state index is 0.139. The van der Waals surface area contributed by atoms with E-state index in [1.807, 2.05) is 43.3 Å². The van der Waals surface area contributed by atoms with Crippen LogP contribution in [0, 0.1) is 6.92 Å². The second-order valence-corrected chi connectivity index (χ2v) is 6.46. The van der Waals surface area contributed by atoms with Gasteiger partial charge < -0.3 is 0 Å². The third kappa shape index (κ3) is 3.09. The predicted molar refractivity (Wildman–Crippen MR) is 102 cm³/mol. The van der Waals surface area contributed by atoms with Gasteiger partial charge in [0.1, 0.15) is 11.4 Å². The number of rotatable bonds is 3. The highest BCUT2D eigenvalue weighted by Gasteiger charge is 2.13. The molecule has 0 aliphatic carbocycles. The summed E-state index contributed by atoms with van der Waals surface area (Å²) >= 11 is 5.94. The molecule has 0 saturated carbocycles. The van der Waals surface area contributed by atoms with Gasteiger partial charge >= 0.3 is 0 Å². The largest absolute Gasteiger partial charge is 0.274 e. The highest BCUT2D eigenvalue weighted by atomic mass is 35.5. The molecule has 5 nitrogen and oxygen atoms in total. The molecule has 4 aromatic rings. The number of hydrogen-bond donors (Lipinski definition) is 0. The molecule has 0 spiro atoms. The number of hydrogen-bond acceptors (Lipinski definition) is 4. The van der Waals surface area contributed by atoms with Crippen molar-refractivity contribution < 1.29 is 0 Å². The molecule has 128 valence electrons. The van der Waals surface area contributed by atoms with E-state index in [4.69, 9.17) is 11.6 Å². The fraction of sp³-hybridized carbons (Fsp3) is 0.100. The Morgan fingerprint density at radius 1 is 0.962 bits per heavy atom. The first-order chi connectivity index (χ1) is 12.6. The topological polar surface area (TPSA) is 60.7 Å². The summed E-state index contributed by atoms with van der Waals surface area (Å²) in [6.45, 7) is 2.23. The lowest BCUT2D eigenvalue weighted by Gasteiger charge is -2.11. The highest BCUT2D eigenvalue weighted by Crippen LogP contribution is 2.22. The van der Waals surface area contributed by atoms with Crippen LogP contribution in [0.4, 0.5) is 0 Å². The van der Waals surface area contributed by atoms with Crippen LogP contribution in [0.25, 0.3) is 22.2 Å². The van der Waals surface area contributed by atoms with Crippen LogP contribution in [0.1, 0.15) is 11.3 Å². The molecule has 0 bridgehead atoms. The molecule has 0 atom stereocenters. The molecule has 0 radical (unpaired) electrons. The summed E-state index contributed by atoms with van der Waals surface area (Å²) in [6, 6.07) is 14.8. The van der Waals surface area contributed by atoms with Crippen molar-refractivity contribution in [3.8, 4) is 11.4 Å². The van der Waals surface area contributed by atoms with E-state index in [0.29, 0.717) is 28.3 Å². The zero-order valence-electron chi connectivity index (χ0n) is 14.1. The number of nitrogens with zero attached hydrogens (tertiary/aromatic N) is 4. The van der Waals surface area contributed by atoms with Crippen molar-refractivity contribution in [1.29, 1.82) is 0 Å². The molecular weight excluding hydrogens is 348 g/mol. The Labute approximate surface area is 154 Å². The minimum atomic E-state index is -0.139. The van der Waals surface area contributed by atoms with Crippen molar-refractivity contribution >= 4 is 22.4 Å². The monoisotopic (exact) mass is 362 g/mol. The second kappa shape index (κ2) is 6.69. The zero-order valence-corrected chi connectivity index (χ0v) is 14.8. The number of aryl methyl sites for hydroxylation is 1. The summed E-state index contributed by atoms with van der Waals surface area (Å²) in [7, 11) is 0. The summed E-state index contributed by atoms with van der Waals surface area (Å²) in [4.78, 5) is 21.6. The summed E-state index contributed by atoms with van der Waals surface area (Å²) in [5.41, 5.74) is 2.91. The first-order valence-corrected chi connectivity index (χ1v) is 8.53. The standard InChI is InChI=1S/C20H15ClN4O/c1-13-10-23-18(11-22-13)19-16-4-2-3-5-17(16)20(26)25(24-19)12-14-6-8-15(21)9-7-14/h2-11H,12H2,1H3. The molecule has 2 aromatic heterocycles. The van der Waals surface area contributed by atoms with Crippen LogP contribution in [0.3, 0.4) is 0 Å². The van der Waals surface area contributed by atoms with E-state index in [9.17, 15) is 4.79 Å². The van der Waals surface area contributed by atoms with E-state index in [0.717, 1.165) is 16.6 Å². The van der Waals surface area contributed by atoms with Crippen LogP contribution in [0.5, 0.6) is 0 Å². The van der Waals surface area contributed by atoms with Gasteiger partial charge in [-0.2, -0.15) is 5.10 Å². The Morgan fingerprint density at radius 2 is 1.69 bits per heavy atom. The lowest BCUT2D eigenvalue weighted by Crippen LogP contribution is -2.24. The van der Waals surface area contributed by atoms with Crippen molar-refractivity contribution in [2.75, 3.05) is 0 Å². The number of fused-ring (bicyclic) bond motifs is 1. The molecule has 2 heterocycles. The third-order valence-corrected chi connectivity index (χ3v) is 4.39. The summed E-state index contributed by atoms with van der Waals surface area (Å²) in [5.74, 6) is 0. The molecule has 4 rings (SSSR count). The van der Waals surface area contributed by atoms with Crippen LogP contribution in [0.15, 0.2) is 65.7 Å². The first kappa shape index (κ1) is 16.4. The molecule has 0 saturated heterocycles. The Hall–Kier alpha value is -3.05. The van der Waals surface area contributed by atoms with E-state index in [-0.39, 0.29) is 5.56 Å². The van der Waals surface area contributed by atoms with Crippen LogP contribution < -0.4 is 5.56 Å². The predicted octanol–water partition coefficient (Wildman–Crippen LogP) is 3.86. The lowest BCUT2D eigenvalue weighted by atomic mass is 10.1. The number of halogens is 1. The second-order valence-electron chi connectivity index (χ2n) is 6.03. The van der Waals surface area contributed by atoms with Crippen LogP contribution in [0.2, 0.25) is 5.02 Å². The van der Waals surface area contributed by atoms with Gasteiger partial charge in [0.2, 0.25) is 0 Å². The molecular formula is C20H15ClN4O. The maximum absolute atomic E-state index is 12.9. The summed E-state index contributed by atoms with van der Waals surface area (Å²) in [5, 5.41) is 6.61. The Morgan fingerprint density at radius 3 is 2.38 bits per heavy atom. The van der Waals surface area contributed by atoms with Crippen molar-refractivity contribution in [1.82, 2.24) is 19.7 Å². The van der Waals surface area contributed by atoms with E-state index >= 15 is 0 Å². The normalized spacial score (nSPS) is 11.0. The van der Waals surface area contributed by atoms with Crippen molar-refractivity contribution in [2.24, 2.45) is 0 Å². The van der Waals surface area contributed by atoms with Gasteiger partial charge in [-0.15, -0.1) is 0 Å². The van der Waals surface area contributed by atoms with Gasteiger partial charge in [-0.3, -0.25) is 14.8 Å². The smallest absolute Gasteiger partial charge is 0.267 e. The molecule has 0 aliphatic rings. The molecule has 2 aromatic carbocycles. The molecule has 26 heavy (non-hydrogen) atoms. The average Bonchev–Trinajstić information content (AvgIpc) is 2.67. The maximum atomic E-state index is 12.9. The Balaban J connectivity index is 1.90. The van der Waals surface area contributed by atoms with Gasteiger partial charge in [-0.1, -0.05) is 41.9 Å². The van der Waals surface area contributed by atoms with Crippen LogP contribution >= 0.6 is 11.6 Å². The van der Waals surface area contributed by atoms with Crippen molar-refractivity contribution in [2.45, 2.75) is 13.5 Å². The van der Waals surface area contributed by atoms with E-state index in [1.165, 1.54) is 4.68 Å². The summed E-state index contributed by atoms with van der Waals surface area (Å²) in [6.07, 6.45) is 3.38. The lowest BCUT2D eigenvalue weighted by molar-refractivity contribution is 0.650. The number of aromatic nitrogens is 4. The fourth-order valence-electron chi connectivity index (χ4n) is 2.81. The average molecular weight is 363 g/mol. The molecule has 6 heteroatoms. The van der Waals surface area contributed by atoms with E-state index < -0.39 is 0 Å². The maximum Gasteiger partial charge on any atom is 0.274 e. The SMILES string of the molecule is Cc1cnc(-c2nn(Cc3ccc(Cl)cc3)c(=O)c3ccccc23)cn1. The van der Waals surface area contributed by atoms with Crippen LogP contribution in [-0.4, -0.2) is 19.7 Å². The molecule has 0 aliphatic heterocycles. The fourth-order valence-corrected chi connectivity index (χ4v) is 2.94. The van der Waals surface area contributed by atoms with Crippen molar-refractivity contribution in [3.05, 3.63) is 87.6 Å². The van der Waals surface area contributed by atoms with Crippen LogP contribution in [-0.2, 0) is 6.54 Å². The zero-order chi connectivity index (χ0) is 18.1. The van der Waals surface area contributed by atoms with Gasteiger partial charge in [-0.05, 0) is 30.7 Å².